The van der Waals surface area contributed by atoms with Crippen molar-refractivity contribution < 1.29 is 13.3 Å². The van der Waals surface area contributed by atoms with E-state index in [2.05, 4.69) is 0 Å². The molecule has 2 aromatic rings. The van der Waals surface area contributed by atoms with Crippen LogP contribution in [0.15, 0.2) is 59.5 Å². The highest BCUT2D eigenvalue weighted by Crippen LogP contribution is 2.35. The van der Waals surface area contributed by atoms with E-state index in [-0.39, 0.29) is 22.5 Å². The fraction of sp³-hybridized carbons (Fsp3) is 0.294. The number of non-ortho nitro benzene ring substituents is 1. The van der Waals surface area contributed by atoms with E-state index in [0.717, 1.165) is 18.1 Å². The van der Waals surface area contributed by atoms with Gasteiger partial charge >= 0.3 is 0 Å². The SMILES string of the molecule is CC1CC(c2ccccc2)CN1S(=O)(=O)c1cccc([N+](=O)[O-])c1. The first kappa shape index (κ1) is 16.6. The van der Waals surface area contributed by atoms with E-state index in [1.807, 2.05) is 37.3 Å². The molecule has 0 bridgehead atoms. The fourth-order valence-electron chi connectivity index (χ4n) is 3.20. The zero-order chi connectivity index (χ0) is 17.3. The summed E-state index contributed by atoms with van der Waals surface area (Å²) < 4.78 is 27.2. The summed E-state index contributed by atoms with van der Waals surface area (Å²) in [6.45, 7) is 2.26. The molecule has 2 unspecified atom stereocenters. The van der Waals surface area contributed by atoms with Gasteiger partial charge in [-0.2, -0.15) is 4.31 Å². The first-order chi connectivity index (χ1) is 11.4. The van der Waals surface area contributed by atoms with Crippen molar-refractivity contribution in [3.05, 3.63) is 70.3 Å². The summed E-state index contributed by atoms with van der Waals surface area (Å²) in [5.74, 6) is 0.134. The summed E-state index contributed by atoms with van der Waals surface area (Å²) in [7, 11) is -3.76. The van der Waals surface area contributed by atoms with Gasteiger partial charge in [0.1, 0.15) is 0 Å². The number of nitro benzene ring substituents is 1. The molecule has 0 saturated carbocycles. The molecule has 0 amide bonds. The molecule has 1 saturated heterocycles. The van der Waals surface area contributed by atoms with Crippen LogP contribution in [0.1, 0.15) is 24.8 Å². The lowest BCUT2D eigenvalue weighted by Crippen LogP contribution is -2.34. The second kappa shape index (κ2) is 6.33. The van der Waals surface area contributed by atoms with Crippen LogP contribution in [0.4, 0.5) is 5.69 Å². The monoisotopic (exact) mass is 346 g/mol. The maximum atomic E-state index is 12.9. The van der Waals surface area contributed by atoms with Gasteiger partial charge in [-0.25, -0.2) is 8.42 Å². The van der Waals surface area contributed by atoms with E-state index in [0.29, 0.717) is 6.54 Å². The molecule has 0 radical (unpaired) electrons. The van der Waals surface area contributed by atoms with Gasteiger partial charge in [-0.15, -0.1) is 0 Å². The highest BCUT2D eigenvalue weighted by Gasteiger charge is 2.38. The average molecular weight is 346 g/mol. The van der Waals surface area contributed by atoms with Crippen LogP contribution in [-0.4, -0.2) is 30.2 Å². The Bertz CT molecular complexity index is 852. The molecule has 0 aromatic heterocycles. The van der Waals surface area contributed by atoms with Crippen LogP contribution in [0.25, 0.3) is 0 Å². The van der Waals surface area contributed by atoms with Crippen molar-refractivity contribution in [3.8, 4) is 0 Å². The van der Waals surface area contributed by atoms with Crippen molar-refractivity contribution >= 4 is 15.7 Å². The van der Waals surface area contributed by atoms with E-state index in [1.54, 1.807) is 0 Å². The molecule has 1 fully saturated rings. The van der Waals surface area contributed by atoms with Crippen molar-refractivity contribution in [1.29, 1.82) is 0 Å². The third-order valence-corrected chi connectivity index (χ3v) is 6.40. The van der Waals surface area contributed by atoms with Crippen molar-refractivity contribution in [2.45, 2.75) is 30.2 Å². The molecule has 1 aliphatic rings. The Morgan fingerprint density at radius 3 is 2.50 bits per heavy atom. The van der Waals surface area contributed by atoms with Gasteiger partial charge in [-0.3, -0.25) is 10.1 Å². The van der Waals surface area contributed by atoms with Gasteiger partial charge in [0.15, 0.2) is 0 Å². The van der Waals surface area contributed by atoms with Crippen LogP contribution in [0.5, 0.6) is 0 Å². The Balaban J connectivity index is 1.90. The normalized spacial score (nSPS) is 21.7. The number of nitrogens with zero attached hydrogens (tertiary/aromatic N) is 2. The second-order valence-corrected chi connectivity index (χ2v) is 7.91. The predicted octanol–water partition coefficient (Wildman–Crippen LogP) is 3.16. The maximum absolute atomic E-state index is 12.9. The second-order valence-electron chi connectivity index (χ2n) is 6.02. The van der Waals surface area contributed by atoms with Crippen molar-refractivity contribution in [2.75, 3.05) is 6.54 Å². The molecule has 1 heterocycles. The highest BCUT2D eigenvalue weighted by atomic mass is 32.2. The third kappa shape index (κ3) is 3.05. The molecule has 24 heavy (non-hydrogen) atoms. The molecule has 7 heteroatoms. The Labute approximate surface area is 140 Å². The van der Waals surface area contributed by atoms with Crippen molar-refractivity contribution in [1.82, 2.24) is 4.31 Å². The van der Waals surface area contributed by atoms with E-state index in [4.69, 9.17) is 0 Å². The van der Waals surface area contributed by atoms with Gasteiger partial charge < -0.3 is 0 Å². The van der Waals surface area contributed by atoms with E-state index >= 15 is 0 Å². The molecule has 3 rings (SSSR count). The smallest absolute Gasteiger partial charge is 0.258 e. The highest BCUT2D eigenvalue weighted by molar-refractivity contribution is 7.89. The molecule has 2 atom stereocenters. The van der Waals surface area contributed by atoms with Gasteiger partial charge in [-0.1, -0.05) is 36.4 Å². The Kier molecular flexibility index (Phi) is 4.38. The van der Waals surface area contributed by atoms with Crippen LogP contribution in [0, 0.1) is 10.1 Å². The van der Waals surface area contributed by atoms with Crippen LogP contribution < -0.4 is 0 Å². The summed E-state index contributed by atoms with van der Waals surface area (Å²) >= 11 is 0. The molecule has 0 aliphatic carbocycles. The van der Waals surface area contributed by atoms with Crippen LogP contribution in [-0.2, 0) is 10.0 Å². The number of rotatable bonds is 4. The zero-order valence-electron chi connectivity index (χ0n) is 13.2. The summed E-state index contributed by atoms with van der Waals surface area (Å²) in [6, 6.07) is 14.9. The molecule has 2 aromatic carbocycles. The molecular weight excluding hydrogens is 328 g/mol. The molecule has 126 valence electrons. The van der Waals surface area contributed by atoms with Gasteiger partial charge in [-0.05, 0) is 30.9 Å². The van der Waals surface area contributed by atoms with Gasteiger partial charge in [0.25, 0.3) is 5.69 Å². The van der Waals surface area contributed by atoms with Crippen LogP contribution >= 0.6 is 0 Å². The fourth-order valence-corrected chi connectivity index (χ4v) is 4.92. The van der Waals surface area contributed by atoms with E-state index in [1.165, 1.54) is 22.5 Å². The maximum Gasteiger partial charge on any atom is 0.270 e. The minimum absolute atomic E-state index is 0.0303. The first-order valence-electron chi connectivity index (χ1n) is 7.71. The molecule has 0 N–H and O–H groups in total. The lowest BCUT2D eigenvalue weighted by atomic mass is 9.97. The lowest BCUT2D eigenvalue weighted by Gasteiger charge is -2.21. The minimum Gasteiger partial charge on any atom is -0.258 e. The number of nitro groups is 1. The van der Waals surface area contributed by atoms with Crippen LogP contribution in [0.2, 0.25) is 0 Å². The molecular formula is C17H18N2O4S. The Morgan fingerprint density at radius 1 is 1.12 bits per heavy atom. The number of sulfonamides is 1. The van der Waals surface area contributed by atoms with E-state index in [9.17, 15) is 18.5 Å². The number of benzene rings is 2. The average Bonchev–Trinajstić information content (AvgIpc) is 2.98. The largest absolute Gasteiger partial charge is 0.270 e. The number of hydrogen-bond donors (Lipinski definition) is 0. The number of hydrogen-bond acceptors (Lipinski definition) is 4. The summed E-state index contributed by atoms with van der Waals surface area (Å²) in [5.41, 5.74) is 0.892. The Hall–Kier alpha value is -2.25. The topological polar surface area (TPSA) is 80.5 Å². The lowest BCUT2D eigenvalue weighted by molar-refractivity contribution is -0.385. The Morgan fingerprint density at radius 2 is 1.83 bits per heavy atom. The third-order valence-electron chi connectivity index (χ3n) is 4.42. The van der Waals surface area contributed by atoms with Crippen LogP contribution in [0.3, 0.4) is 0 Å². The van der Waals surface area contributed by atoms with Gasteiger partial charge in [0.2, 0.25) is 10.0 Å². The summed E-state index contributed by atoms with van der Waals surface area (Å²) in [4.78, 5) is 10.3. The van der Waals surface area contributed by atoms with Gasteiger partial charge in [0, 0.05) is 24.7 Å². The molecule has 0 spiro atoms. The summed E-state index contributed by atoms with van der Waals surface area (Å²) in [5, 5.41) is 10.9. The van der Waals surface area contributed by atoms with E-state index < -0.39 is 14.9 Å². The first-order valence-corrected chi connectivity index (χ1v) is 9.15. The standard InChI is InChI=1S/C17H18N2O4S/c1-13-10-15(14-6-3-2-4-7-14)12-18(13)24(22,23)17-9-5-8-16(11-17)19(20)21/h2-9,11,13,15H,10,12H2,1H3. The zero-order valence-corrected chi connectivity index (χ0v) is 14.0. The minimum atomic E-state index is -3.76. The van der Waals surface area contributed by atoms with Crippen molar-refractivity contribution in [2.24, 2.45) is 0 Å². The quantitative estimate of drug-likeness (QED) is 0.629. The predicted molar refractivity (Wildman–Crippen MR) is 90.3 cm³/mol. The molecule has 1 aliphatic heterocycles. The summed E-state index contributed by atoms with van der Waals surface area (Å²) in [6.07, 6.45) is 0.734. The van der Waals surface area contributed by atoms with Gasteiger partial charge in [0.05, 0.1) is 9.82 Å². The van der Waals surface area contributed by atoms with Crippen molar-refractivity contribution in [3.63, 3.8) is 0 Å². The molecule has 6 nitrogen and oxygen atoms in total.